The van der Waals surface area contributed by atoms with E-state index >= 15 is 0 Å². The van der Waals surface area contributed by atoms with E-state index in [0.717, 1.165) is 19.5 Å². The third kappa shape index (κ3) is 7.71. The van der Waals surface area contributed by atoms with Crippen molar-refractivity contribution in [3.63, 3.8) is 0 Å². The summed E-state index contributed by atoms with van der Waals surface area (Å²) in [6.07, 6.45) is 2.16. The van der Waals surface area contributed by atoms with E-state index in [2.05, 4.69) is 29.3 Å². The van der Waals surface area contributed by atoms with Crippen LogP contribution in [0.3, 0.4) is 0 Å². The maximum atomic E-state index is 11.7. The molecular formula is C17H29N3O. The van der Waals surface area contributed by atoms with Gasteiger partial charge in [-0.2, -0.15) is 0 Å². The summed E-state index contributed by atoms with van der Waals surface area (Å²) < 4.78 is 0. The molecule has 0 radical (unpaired) electrons. The molecule has 1 amide bonds. The lowest BCUT2D eigenvalue weighted by molar-refractivity contribution is -0.121. The standard InChI is InChI=1S/C17H29N3O/c1-4-20(15-9-6-5-7-10-15)14-8-13-19-16(21)11-12-17(2,3)18/h5-7,9-10H,4,8,11-14,18H2,1-3H3,(H,19,21). The second kappa shape index (κ2) is 8.67. The summed E-state index contributed by atoms with van der Waals surface area (Å²) in [5.74, 6) is 0.0938. The Balaban J connectivity index is 2.22. The van der Waals surface area contributed by atoms with Gasteiger partial charge in [-0.25, -0.2) is 0 Å². The summed E-state index contributed by atoms with van der Waals surface area (Å²) in [5.41, 5.74) is 6.83. The molecule has 0 aliphatic rings. The smallest absolute Gasteiger partial charge is 0.220 e. The Labute approximate surface area is 128 Å². The molecule has 0 unspecified atom stereocenters. The van der Waals surface area contributed by atoms with Crippen LogP contribution in [-0.2, 0) is 4.79 Å². The monoisotopic (exact) mass is 291 g/mol. The van der Waals surface area contributed by atoms with Gasteiger partial charge < -0.3 is 16.0 Å². The van der Waals surface area contributed by atoms with Gasteiger partial charge in [0.2, 0.25) is 5.91 Å². The van der Waals surface area contributed by atoms with Gasteiger partial charge in [0.05, 0.1) is 0 Å². The molecule has 21 heavy (non-hydrogen) atoms. The minimum atomic E-state index is -0.274. The van der Waals surface area contributed by atoms with Crippen molar-refractivity contribution >= 4 is 11.6 Å². The molecule has 3 N–H and O–H groups in total. The van der Waals surface area contributed by atoms with Crippen molar-refractivity contribution in [2.24, 2.45) is 5.73 Å². The molecule has 0 aliphatic carbocycles. The zero-order valence-corrected chi connectivity index (χ0v) is 13.6. The van der Waals surface area contributed by atoms with Crippen LogP contribution < -0.4 is 16.0 Å². The normalized spacial score (nSPS) is 11.2. The molecule has 0 saturated heterocycles. The van der Waals surface area contributed by atoms with E-state index in [0.29, 0.717) is 19.4 Å². The number of benzene rings is 1. The number of carbonyl (C=O) groups excluding carboxylic acids is 1. The molecule has 0 aromatic heterocycles. The number of hydrogen-bond acceptors (Lipinski definition) is 3. The maximum Gasteiger partial charge on any atom is 0.220 e. The van der Waals surface area contributed by atoms with Gasteiger partial charge in [-0.05, 0) is 45.7 Å². The predicted molar refractivity (Wildman–Crippen MR) is 89.5 cm³/mol. The zero-order valence-electron chi connectivity index (χ0n) is 13.6. The lowest BCUT2D eigenvalue weighted by Gasteiger charge is -2.23. The number of hydrogen-bond donors (Lipinski definition) is 2. The van der Waals surface area contributed by atoms with Gasteiger partial charge >= 0.3 is 0 Å². The van der Waals surface area contributed by atoms with E-state index in [1.54, 1.807) is 0 Å². The average Bonchev–Trinajstić information content (AvgIpc) is 2.45. The highest BCUT2D eigenvalue weighted by Gasteiger charge is 2.12. The van der Waals surface area contributed by atoms with Crippen LogP contribution in [0.4, 0.5) is 5.69 Å². The molecule has 0 saturated carbocycles. The molecule has 0 aliphatic heterocycles. The number of rotatable bonds is 9. The third-order valence-electron chi connectivity index (χ3n) is 3.43. The van der Waals surface area contributed by atoms with Crippen LogP contribution in [0.5, 0.6) is 0 Å². The summed E-state index contributed by atoms with van der Waals surface area (Å²) in [5, 5.41) is 2.97. The van der Waals surface area contributed by atoms with Crippen molar-refractivity contribution in [2.75, 3.05) is 24.5 Å². The van der Waals surface area contributed by atoms with E-state index in [1.165, 1.54) is 5.69 Å². The van der Waals surface area contributed by atoms with Crippen molar-refractivity contribution in [1.29, 1.82) is 0 Å². The number of amides is 1. The second-order valence-corrected chi connectivity index (χ2v) is 6.11. The largest absolute Gasteiger partial charge is 0.372 e. The SMILES string of the molecule is CCN(CCCNC(=O)CCC(C)(C)N)c1ccccc1. The van der Waals surface area contributed by atoms with Crippen molar-refractivity contribution in [3.8, 4) is 0 Å². The van der Waals surface area contributed by atoms with Gasteiger partial charge in [-0.1, -0.05) is 18.2 Å². The fraction of sp³-hybridized carbons (Fsp3) is 0.588. The van der Waals surface area contributed by atoms with Crippen molar-refractivity contribution in [1.82, 2.24) is 5.32 Å². The first-order valence-electron chi connectivity index (χ1n) is 7.78. The van der Waals surface area contributed by atoms with Crippen molar-refractivity contribution in [3.05, 3.63) is 30.3 Å². The van der Waals surface area contributed by atoms with Gasteiger partial charge in [0, 0.05) is 37.3 Å². The van der Waals surface area contributed by atoms with Crippen molar-refractivity contribution < 1.29 is 4.79 Å². The molecular weight excluding hydrogens is 262 g/mol. The molecule has 0 bridgehead atoms. The summed E-state index contributed by atoms with van der Waals surface area (Å²) in [6, 6.07) is 10.4. The molecule has 118 valence electrons. The van der Waals surface area contributed by atoms with Gasteiger partial charge in [0.15, 0.2) is 0 Å². The molecule has 0 atom stereocenters. The Kier molecular flexibility index (Phi) is 7.23. The maximum absolute atomic E-state index is 11.7. The molecule has 1 aromatic carbocycles. The number of nitrogens with zero attached hydrogens (tertiary/aromatic N) is 1. The Morgan fingerprint density at radius 3 is 2.52 bits per heavy atom. The molecule has 0 fully saturated rings. The lowest BCUT2D eigenvalue weighted by Crippen LogP contribution is -2.35. The van der Waals surface area contributed by atoms with Crippen LogP contribution in [0.2, 0.25) is 0 Å². The fourth-order valence-electron chi connectivity index (χ4n) is 2.13. The first-order valence-corrected chi connectivity index (χ1v) is 7.78. The summed E-state index contributed by atoms with van der Waals surface area (Å²) >= 11 is 0. The molecule has 1 rings (SSSR count). The van der Waals surface area contributed by atoms with E-state index in [1.807, 2.05) is 32.0 Å². The number of anilines is 1. The van der Waals surface area contributed by atoms with E-state index in [-0.39, 0.29) is 11.4 Å². The van der Waals surface area contributed by atoms with Gasteiger partial charge in [-0.15, -0.1) is 0 Å². The third-order valence-corrected chi connectivity index (χ3v) is 3.43. The topological polar surface area (TPSA) is 58.4 Å². The number of nitrogens with two attached hydrogens (primary N) is 1. The molecule has 4 nitrogen and oxygen atoms in total. The number of carbonyl (C=O) groups is 1. The first-order chi connectivity index (χ1) is 9.92. The number of para-hydroxylation sites is 1. The molecule has 0 spiro atoms. The van der Waals surface area contributed by atoms with E-state index in [4.69, 9.17) is 5.73 Å². The Morgan fingerprint density at radius 1 is 1.29 bits per heavy atom. The second-order valence-electron chi connectivity index (χ2n) is 6.11. The van der Waals surface area contributed by atoms with Crippen molar-refractivity contribution in [2.45, 2.75) is 45.6 Å². The van der Waals surface area contributed by atoms with Crippen LogP contribution in [0.25, 0.3) is 0 Å². The predicted octanol–water partition coefficient (Wildman–Crippen LogP) is 2.54. The quantitative estimate of drug-likeness (QED) is 0.687. The van der Waals surface area contributed by atoms with Crippen LogP contribution in [0.15, 0.2) is 30.3 Å². The molecule has 4 heteroatoms. The first kappa shape index (κ1) is 17.5. The van der Waals surface area contributed by atoms with Gasteiger partial charge in [0.25, 0.3) is 0 Å². The summed E-state index contributed by atoms with van der Waals surface area (Å²) in [7, 11) is 0. The number of nitrogens with one attached hydrogen (secondary N) is 1. The Morgan fingerprint density at radius 2 is 1.95 bits per heavy atom. The van der Waals surface area contributed by atoms with E-state index < -0.39 is 0 Å². The Hall–Kier alpha value is -1.55. The average molecular weight is 291 g/mol. The summed E-state index contributed by atoms with van der Waals surface area (Å²) in [6.45, 7) is 8.67. The van der Waals surface area contributed by atoms with Gasteiger partial charge in [-0.3, -0.25) is 4.79 Å². The minimum absolute atomic E-state index is 0.0938. The van der Waals surface area contributed by atoms with Crippen LogP contribution >= 0.6 is 0 Å². The molecule has 1 aromatic rings. The van der Waals surface area contributed by atoms with Crippen LogP contribution in [-0.4, -0.2) is 31.1 Å². The highest BCUT2D eigenvalue weighted by molar-refractivity contribution is 5.75. The highest BCUT2D eigenvalue weighted by atomic mass is 16.1. The van der Waals surface area contributed by atoms with Crippen LogP contribution in [0, 0.1) is 0 Å². The van der Waals surface area contributed by atoms with E-state index in [9.17, 15) is 4.79 Å². The van der Waals surface area contributed by atoms with Gasteiger partial charge in [0.1, 0.15) is 0 Å². The minimum Gasteiger partial charge on any atom is -0.372 e. The highest BCUT2D eigenvalue weighted by Crippen LogP contribution is 2.12. The molecule has 0 heterocycles. The lowest BCUT2D eigenvalue weighted by atomic mass is 10.00. The zero-order chi connectivity index (χ0) is 15.7. The summed E-state index contributed by atoms with van der Waals surface area (Å²) in [4.78, 5) is 14.0. The van der Waals surface area contributed by atoms with Crippen LogP contribution in [0.1, 0.15) is 40.0 Å². The Bertz CT molecular complexity index is 412. The fourth-order valence-corrected chi connectivity index (χ4v) is 2.13.